The fraction of sp³-hybridized carbons (Fsp3) is 0.286. The van der Waals surface area contributed by atoms with Gasteiger partial charge in [-0.15, -0.1) is 0 Å². The lowest BCUT2D eigenvalue weighted by Gasteiger charge is -2.20. The van der Waals surface area contributed by atoms with Crippen LogP contribution in [0.4, 0.5) is 0 Å². The molecule has 0 saturated carbocycles. The largest absolute Gasteiger partial charge is 0.451 e. The van der Waals surface area contributed by atoms with Crippen molar-refractivity contribution in [1.29, 1.82) is 0 Å². The van der Waals surface area contributed by atoms with E-state index in [-0.39, 0.29) is 11.9 Å². The molecule has 2 aliphatic heterocycles. The number of H-pyrrole nitrogens is 1. The molecular formula is C21H21N3O2. The van der Waals surface area contributed by atoms with E-state index in [1.807, 2.05) is 48.7 Å². The Kier molecular flexibility index (Phi) is 3.68. The minimum atomic E-state index is -0.132. The number of benzene rings is 1. The van der Waals surface area contributed by atoms with E-state index in [0.29, 0.717) is 23.6 Å². The Hall–Kier alpha value is -2.79. The van der Waals surface area contributed by atoms with E-state index in [1.165, 1.54) is 6.42 Å². The van der Waals surface area contributed by atoms with Crippen molar-refractivity contribution in [1.82, 2.24) is 15.6 Å². The van der Waals surface area contributed by atoms with Crippen molar-refractivity contribution < 1.29 is 9.21 Å². The second kappa shape index (κ2) is 6.18. The number of hydrogen-bond acceptors (Lipinski definition) is 3. The summed E-state index contributed by atoms with van der Waals surface area (Å²) in [6.45, 7) is 0. The Morgan fingerprint density at radius 1 is 1.04 bits per heavy atom. The van der Waals surface area contributed by atoms with E-state index >= 15 is 0 Å². The van der Waals surface area contributed by atoms with E-state index in [4.69, 9.17) is 4.42 Å². The Balaban J connectivity index is 1.38. The average Bonchev–Trinajstić information content (AvgIpc) is 3.46. The van der Waals surface area contributed by atoms with Crippen molar-refractivity contribution >= 4 is 5.91 Å². The standard InChI is InChI=1S/C21H21N3O2/c25-21(24-18-12-13-7-8-17(18)23-13)20-10-9-19(26-20)15-5-2-1-4-14(15)16-6-3-11-22-16/h1-6,9-11,13,17-18,22-23H,7-8,12H2,(H,24,25)/t13-,17+,18-/m1/s1. The predicted molar refractivity (Wildman–Crippen MR) is 99.7 cm³/mol. The zero-order chi connectivity index (χ0) is 17.5. The molecule has 1 aromatic carbocycles. The summed E-state index contributed by atoms with van der Waals surface area (Å²) in [5.41, 5.74) is 3.04. The number of nitrogens with one attached hydrogen (secondary N) is 3. The molecule has 2 saturated heterocycles. The minimum Gasteiger partial charge on any atom is -0.451 e. The van der Waals surface area contributed by atoms with E-state index in [1.54, 1.807) is 6.07 Å². The van der Waals surface area contributed by atoms with Crippen molar-refractivity contribution in [3.8, 4) is 22.6 Å². The van der Waals surface area contributed by atoms with Crippen molar-refractivity contribution in [3.63, 3.8) is 0 Å². The summed E-state index contributed by atoms with van der Waals surface area (Å²) in [6, 6.07) is 16.8. The summed E-state index contributed by atoms with van der Waals surface area (Å²) in [5.74, 6) is 0.934. The van der Waals surface area contributed by atoms with E-state index in [2.05, 4.69) is 15.6 Å². The van der Waals surface area contributed by atoms with Crippen LogP contribution in [0.5, 0.6) is 0 Å². The maximum atomic E-state index is 12.6. The number of carbonyl (C=O) groups is 1. The molecule has 3 N–H and O–H groups in total. The van der Waals surface area contributed by atoms with Crippen LogP contribution in [0, 0.1) is 0 Å². The Labute approximate surface area is 151 Å². The number of amides is 1. The number of aromatic amines is 1. The second-order valence-corrected chi connectivity index (χ2v) is 7.16. The topological polar surface area (TPSA) is 70.1 Å². The van der Waals surface area contributed by atoms with Crippen molar-refractivity contribution in [2.24, 2.45) is 0 Å². The van der Waals surface area contributed by atoms with E-state index in [9.17, 15) is 4.79 Å². The van der Waals surface area contributed by atoms with Gasteiger partial charge in [0.25, 0.3) is 5.91 Å². The summed E-state index contributed by atoms with van der Waals surface area (Å²) in [6.07, 6.45) is 5.27. The van der Waals surface area contributed by atoms with Gasteiger partial charge in [-0.3, -0.25) is 4.79 Å². The van der Waals surface area contributed by atoms with Crippen LogP contribution >= 0.6 is 0 Å². The van der Waals surface area contributed by atoms with E-state index in [0.717, 1.165) is 29.7 Å². The monoisotopic (exact) mass is 347 g/mol. The molecule has 1 amide bonds. The molecule has 2 fully saturated rings. The Morgan fingerprint density at radius 3 is 2.65 bits per heavy atom. The maximum absolute atomic E-state index is 12.6. The molecule has 5 rings (SSSR count). The van der Waals surface area contributed by atoms with Crippen LogP contribution in [0.1, 0.15) is 29.8 Å². The lowest BCUT2D eigenvalue weighted by atomic mass is 9.95. The first-order chi connectivity index (χ1) is 12.8. The zero-order valence-electron chi connectivity index (χ0n) is 14.4. The number of hydrogen-bond donors (Lipinski definition) is 3. The first kappa shape index (κ1) is 15.5. The first-order valence-corrected chi connectivity index (χ1v) is 9.18. The third-order valence-corrected chi connectivity index (χ3v) is 5.53. The summed E-state index contributed by atoms with van der Waals surface area (Å²) in [5, 5.41) is 6.67. The number of carbonyl (C=O) groups excluding carboxylic acids is 1. The van der Waals surface area contributed by atoms with Gasteiger partial charge in [0.2, 0.25) is 0 Å². The van der Waals surface area contributed by atoms with Crippen LogP contribution in [-0.2, 0) is 0 Å². The summed E-state index contributed by atoms with van der Waals surface area (Å²) in [4.78, 5) is 15.8. The lowest BCUT2D eigenvalue weighted by molar-refractivity contribution is 0.0903. The van der Waals surface area contributed by atoms with Crippen LogP contribution in [0.2, 0.25) is 0 Å². The molecule has 2 aliphatic rings. The van der Waals surface area contributed by atoms with Crippen LogP contribution in [0.3, 0.4) is 0 Å². The zero-order valence-corrected chi connectivity index (χ0v) is 14.4. The molecule has 2 aromatic heterocycles. The molecule has 26 heavy (non-hydrogen) atoms. The summed E-state index contributed by atoms with van der Waals surface area (Å²) < 4.78 is 5.91. The highest BCUT2D eigenvalue weighted by molar-refractivity contribution is 5.93. The highest BCUT2D eigenvalue weighted by Gasteiger charge is 2.40. The SMILES string of the molecule is O=C(N[C@@H]1C[C@H]2CC[C@@H]1N2)c1ccc(-c2ccccc2-c2ccc[nH]2)o1. The maximum Gasteiger partial charge on any atom is 0.287 e. The fourth-order valence-electron chi connectivity index (χ4n) is 4.26. The van der Waals surface area contributed by atoms with Crippen LogP contribution in [0.15, 0.2) is 59.1 Å². The average molecular weight is 347 g/mol. The van der Waals surface area contributed by atoms with Crippen molar-refractivity contribution in [3.05, 3.63) is 60.5 Å². The highest BCUT2D eigenvalue weighted by Crippen LogP contribution is 2.32. The van der Waals surface area contributed by atoms with Crippen LogP contribution in [0.25, 0.3) is 22.6 Å². The normalized spacial score (nSPS) is 24.1. The summed E-state index contributed by atoms with van der Waals surface area (Å²) in [7, 11) is 0. The highest BCUT2D eigenvalue weighted by atomic mass is 16.3. The Bertz CT molecular complexity index is 928. The molecule has 5 nitrogen and oxygen atoms in total. The molecule has 5 heteroatoms. The van der Waals surface area contributed by atoms with Gasteiger partial charge in [0, 0.05) is 41.1 Å². The predicted octanol–water partition coefficient (Wildman–Crippen LogP) is 3.56. The molecule has 3 aromatic rings. The van der Waals surface area contributed by atoms with Gasteiger partial charge in [0.15, 0.2) is 5.76 Å². The van der Waals surface area contributed by atoms with E-state index < -0.39 is 0 Å². The van der Waals surface area contributed by atoms with Crippen LogP contribution < -0.4 is 10.6 Å². The van der Waals surface area contributed by atoms with Gasteiger partial charge in [-0.1, -0.05) is 24.3 Å². The molecular weight excluding hydrogens is 326 g/mol. The molecule has 2 bridgehead atoms. The number of rotatable bonds is 4. The number of furan rings is 1. The van der Waals surface area contributed by atoms with Crippen LogP contribution in [-0.4, -0.2) is 29.0 Å². The fourth-order valence-corrected chi connectivity index (χ4v) is 4.26. The molecule has 0 radical (unpaired) electrons. The molecule has 0 unspecified atom stereocenters. The van der Waals surface area contributed by atoms with Crippen molar-refractivity contribution in [2.45, 2.75) is 37.4 Å². The van der Waals surface area contributed by atoms with Gasteiger partial charge in [0.05, 0.1) is 0 Å². The third-order valence-electron chi connectivity index (χ3n) is 5.53. The van der Waals surface area contributed by atoms with Gasteiger partial charge >= 0.3 is 0 Å². The molecule has 0 spiro atoms. The molecule has 3 atom stereocenters. The second-order valence-electron chi connectivity index (χ2n) is 7.16. The molecule has 0 aliphatic carbocycles. The van der Waals surface area contributed by atoms with Gasteiger partial charge in [-0.2, -0.15) is 0 Å². The van der Waals surface area contributed by atoms with Gasteiger partial charge < -0.3 is 20.0 Å². The first-order valence-electron chi connectivity index (χ1n) is 9.18. The third kappa shape index (κ3) is 2.65. The van der Waals surface area contributed by atoms with Gasteiger partial charge in [0.1, 0.15) is 5.76 Å². The Morgan fingerprint density at radius 2 is 1.92 bits per heavy atom. The van der Waals surface area contributed by atoms with Gasteiger partial charge in [-0.25, -0.2) is 0 Å². The summed E-state index contributed by atoms with van der Waals surface area (Å²) >= 11 is 0. The lowest BCUT2D eigenvalue weighted by Crippen LogP contribution is -2.42. The van der Waals surface area contributed by atoms with Gasteiger partial charge in [-0.05, 0) is 43.5 Å². The molecule has 132 valence electrons. The quantitative estimate of drug-likeness (QED) is 0.676. The number of fused-ring (bicyclic) bond motifs is 2. The minimum absolute atomic E-state index is 0.132. The number of aromatic nitrogens is 1. The smallest absolute Gasteiger partial charge is 0.287 e. The molecule has 4 heterocycles. The van der Waals surface area contributed by atoms with Crippen molar-refractivity contribution in [2.75, 3.05) is 0 Å².